The fraction of sp³-hybridized carbons (Fsp3) is 0.429. The highest BCUT2D eigenvalue weighted by molar-refractivity contribution is 8.13. The molecule has 0 aliphatic rings. The van der Waals surface area contributed by atoms with Crippen molar-refractivity contribution >= 4 is 22.7 Å². The summed E-state index contributed by atoms with van der Waals surface area (Å²) in [6.45, 7) is 4.65. The van der Waals surface area contributed by atoms with Crippen molar-refractivity contribution < 1.29 is 19.8 Å². The maximum atomic E-state index is 11.3. The van der Waals surface area contributed by atoms with Gasteiger partial charge in [0, 0.05) is 18.2 Å². The predicted octanol–water partition coefficient (Wildman–Crippen LogP) is 1.87. The molecule has 0 amide bonds. The molecule has 0 radical (unpaired) electrons. The van der Waals surface area contributed by atoms with Crippen LogP contribution in [0.5, 0.6) is 0 Å². The molecule has 0 aliphatic heterocycles. The minimum absolute atomic E-state index is 0.0962. The Morgan fingerprint density at radius 3 is 2.42 bits per heavy atom. The van der Waals surface area contributed by atoms with Crippen LogP contribution in [0.15, 0.2) is 18.2 Å². The van der Waals surface area contributed by atoms with Gasteiger partial charge < -0.3 is 10.2 Å². The molecule has 0 saturated heterocycles. The van der Waals surface area contributed by atoms with Crippen LogP contribution in [-0.2, 0) is 4.79 Å². The van der Waals surface area contributed by atoms with Gasteiger partial charge in [0.05, 0.1) is 6.10 Å². The van der Waals surface area contributed by atoms with Crippen molar-refractivity contribution in [3.63, 3.8) is 0 Å². The second kappa shape index (κ2) is 6.84. The number of aliphatic hydroxyl groups is 2. The first-order chi connectivity index (χ1) is 8.82. The van der Waals surface area contributed by atoms with Crippen LogP contribution in [0.4, 0.5) is 0 Å². The zero-order valence-electron chi connectivity index (χ0n) is 11.2. The Morgan fingerprint density at radius 2 is 1.89 bits per heavy atom. The number of hydrogen-bond acceptors (Lipinski definition) is 5. The van der Waals surface area contributed by atoms with E-state index in [1.165, 1.54) is 13.8 Å². The summed E-state index contributed by atoms with van der Waals surface area (Å²) < 4.78 is 0. The summed E-state index contributed by atoms with van der Waals surface area (Å²) in [6, 6.07) is 5.01. The van der Waals surface area contributed by atoms with E-state index >= 15 is 0 Å². The molecule has 0 heterocycles. The normalized spacial score (nSPS) is 13.9. The van der Waals surface area contributed by atoms with Crippen LogP contribution >= 0.6 is 11.8 Å². The Balaban J connectivity index is 2.91. The highest BCUT2D eigenvalue weighted by Gasteiger charge is 2.21. The van der Waals surface area contributed by atoms with Gasteiger partial charge in [0.25, 0.3) is 0 Å². The molecule has 4 nitrogen and oxygen atoms in total. The van der Waals surface area contributed by atoms with Crippen molar-refractivity contribution in [3.05, 3.63) is 34.9 Å². The minimum Gasteiger partial charge on any atom is -0.389 e. The van der Waals surface area contributed by atoms with E-state index in [1.54, 1.807) is 25.1 Å². The minimum atomic E-state index is -1.11. The standard InChI is InChI=1S/C14H18O4S/c1-8-4-5-11(9(2)15)6-12(8)14(18)13(17)7-19-10(3)16/h4-6,13-14,17-18H,7H2,1-3H3. The van der Waals surface area contributed by atoms with Gasteiger partial charge >= 0.3 is 0 Å². The van der Waals surface area contributed by atoms with E-state index in [0.717, 1.165) is 17.3 Å². The predicted molar refractivity (Wildman–Crippen MR) is 75.3 cm³/mol. The molecular weight excluding hydrogens is 264 g/mol. The van der Waals surface area contributed by atoms with E-state index in [0.29, 0.717) is 11.1 Å². The summed E-state index contributed by atoms with van der Waals surface area (Å²) in [5.41, 5.74) is 1.81. The molecule has 2 atom stereocenters. The maximum Gasteiger partial charge on any atom is 0.185 e. The first kappa shape index (κ1) is 15.9. The lowest BCUT2D eigenvalue weighted by Crippen LogP contribution is -2.22. The molecule has 0 bridgehead atoms. The van der Waals surface area contributed by atoms with Crippen LogP contribution in [0, 0.1) is 6.92 Å². The SMILES string of the molecule is CC(=O)SCC(O)C(O)c1cc(C(C)=O)ccc1C. The Kier molecular flexibility index (Phi) is 5.72. The smallest absolute Gasteiger partial charge is 0.185 e. The van der Waals surface area contributed by atoms with Gasteiger partial charge in [-0.2, -0.15) is 0 Å². The van der Waals surface area contributed by atoms with Crippen molar-refractivity contribution in [3.8, 4) is 0 Å². The van der Waals surface area contributed by atoms with E-state index in [1.807, 2.05) is 0 Å². The molecular formula is C14H18O4S. The topological polar surface area (TPSA) is 74.6 Å². The lowest BCUT2D eigenvalue weighted by molar-refractivity contribution is -0.109. The molecule has 104 valence electrons. The summed E-state index contributed by atoms with van der Waals surface area (Å²) in [4.78, 5) is 22.2. The van der Waals surface area contributed by atoms with Crippen LogP contribution in [0.25, 0.3) is 0 Å². The number of Topliss-reactive ketones (excluding diaryl/α,β-unsaturated/α-hetero) is 1. The third-order valence-electron chi connectivity index (χ3n) is 2.83. The van der Waals surface area contributed by atoms with Crippen molar-refractivity contribution in [1.82, 2.24) is 0 Å². The van der Waals surface area contributed by atoms with E-state index in [9.17, 15) is 19.8 Å². The highest BCUT2D eigenvalue weighted by atomic mass is 32.2. The van der Waals surface area contributed by atoms with Gasteiger partial charge in [-0.05, 0) is 31.0 Å². The quantitative estimate of drug-likeness (QED) is 0.806. The molecule has 19 heavy (non-hydrogen) atoms. The number of aliphatic hydroxyl groups excluding tert-OH is 2. The van der Waals surface area contributed by atoms with Gasteiger partial charge in [-0.25, -0.2) is 0 Å². The number of benzene rings is 1. The summed E-state index contributed by atoms with van der Waals surface area (Å²) in [6.07, 6.45) is -2.15. The van der Waals surface area contributed by atoms with Crippen LogP contribution in [-0.4, -0.2) is 33.0 Å². The van der Waals surface area contributed by atoms with Crippen molar-refractivity contribution in [2.45, 2.75) is 33.0 Å². The van der Waals surface area contributed by atoms with Gasteiger partial charge in [-0.15, -0.1) is 0 Å². The average Bonchev–Trinajstić information content (AvgIpc) is 2.35. The molecule has 2 unspecified atom stereocenters. The summed E-state index contributed by atoms with van der Waals surface area (Å²) in [7, 11) is 0. The maximum absolute atomic E-state index is 11.3. The zero-order chi connectivity index (χ0) is 14.6. The van der Waals surface area contributed by atoms with Gasteiger partial charge in [0.1, 0.15) is 6.10 Å². The van der Waals surface area contributed by atoms with Crippen molar-refractivity contribution in [2.24, 2.45) is 0 Å². The van der Waals surface area contributed by atoms with Gasteiger partial charge in [-0.3, -0.25) is 9.59 Å². The first-order valence-corrected chi connectivity index (χ1v) is 6.92. The van der Waals surface area contributed by atoms with E-state index in [-0.39, 0.29) is 16.7 Å². The van der Waals surface area contributed by atoms with Gasteiger partial charge in [-0.1, -0.05) is 23.9 Å². The molecule has 1 rings (SSSR count). The second-order valence-corrected chi connectivity index (χ2v) is 5.64. The van der Waals surface area contributed by atoms with Crippen LogP contribution in [0.2, 0.25) is 0 Å². The molecule has 0 aliphatic carbocycles. The molecule has 1 aromatic rings. The van der Waals surface area contributed by atoms with Crippen molar-refractivity contribution in [2.75, 3.05) is 5.75 Å². The number of ketones is 1. The summed E-state index contributed by atoms with van der Waals surface area (Å²) >= 11 is 0.963. The summed E-state index contributed by atoms with van der Waals surface area (Å²) in [5, 5.41) is 19.9. The highest BCUT2D eigenvalue weighted by Crippen LogP contribution is 2.24. The van der Waals surface area contributed by atoms with E-state index in [4.69, 9.17) is 0 Å². The number of carbonyl (C=O) groups is 2. The Labute approximate surface area is 116 Å². The third kappa shape index (κ3) is 4.45. The Bertz CT molecular complexity index is 484. The lowest BCUT2D eigenvalue weighted by atomic mass is 9.96. The Morgan fingerprint density at radius 1 is 1.26 bits per heavy atom. The number of aryl methyl sites for hydroxylation is 1. The van der Waals surface area contributed by atoms with E-state index < -0.39 is 12.2 Å². The molecule has 5 heteroatoms. The molecule has 0 spiro atoms. The number of thioether (sulfide) groups is 1. The number of rotatable bonds is 5. The van der Waals surface area contributed by atoms with E-state index in [2.05, 4.69) is 0 Å². The van der Waals surface area contributed by atoms with Crippen LogP contribution < -0.4 is 0 Å². The molecule has 0 saturated carbocycles. The first-order valence-electron chi connectivity index (χ1n) is 5.94. The van der Waals surface area contributed by atoms with Crippen LogP contribution in [0.3, 0.4) is 0 Å². The third-order valence-corrected chi connectivity index (χ3v) is 3.74. The van der Waals surface area contributed by atoms with Gasteiger partial charge in [0.2, 0.25) is 0 Å². The second-order valence-electron chi connectivity index (χ2n) is 4.44. The fourth-order valence-electron chi connectivity index (χ4n) is 1.68. The molecule has 2 N–H and O–H groups in total. The van der Waals surface area contributed by atoms with Crippen molar-refractivity contribution in [1.29, 1.82) is 0 Å². The molecule has 0 aromatic heterocycles. The van der Waals surface area contributed by atoms with Crippen LogP contribution in [0.1, 0.15) is 41.4 Å². The Hall–Kier alpha value is -1.17. The largest absolute Gasteiger partial charge is 0.389 e. The van der Waals surface area contributed by atoms with Gasteiger partial charge in [0.15, 0.2) is 10.9 Å². The fourth-order valence-corrected chi connectivity index (χ4v) is 2.27. The molecule has 0 fully saturated rings. The average molecular weight is 282 g/mol. The monoisotopic (exact) mass is 282 g/mol. The molecule has 1 aromatic carbocycles. The summed E-state index contributed by atoms with van der Waals surface area (Å²) in [5.74, 6) is 0.0290. The number of carbonyl (C=O) groups excluding carboxylic acids is 2. The zero-order valence-corrected chi connectivity index (χ0v) is 12.0. The number of hydrogen-bond donors (Lipinski definition) is 2. The lowest BCUT2D eigenvalue weighted by Gasteiger charge is -2.19.